The van der Waals surface area contributed by atoms with Gasteiger partial charge >= 0.3 is 0 Å². The van der Waals surface area contributed by atoms with Crippen LogP contribution in [0.3, 0.4) is 0 Å². The molecule has 78 valence electrons. The van der Waals surface area contributed by atoms with Gasteiger partial charge in [0.15, 0.2) is 0 Å². The Morgan fingerprint density at radius 2 is 1.69 bits per heavy atom. The number of hydrogen-bond donors (Lipinski definition) is 0. The molecule has 0 saturated heterocycles. The molecule has 0 radical (unpaired) electrons. The lowest BCUT2D eigenvalue weighted by atomic mass is 10.1. The first-order valence-electron chi connectivity index (χ1n) is 4.70. The van der Waals surface area contributed by atoms with Gasteiger partial charge in [-0.1, -0.05) is 12.1 Å². The third-order valence-corrected chi connectivity index (χ3v) is 2.18. The van der Waals surface area contributed by atoms with Crippen LogP contribution in [-0.2, 0) is 0 Å². The van der Waals surface area contributed by atoms with Crippen LogP contribution in [0.2, 0.25) is 0 Å². The molecule has 16 heavy (non-hydrogen) atoms. The van der Waals surface area contributed by atoms with Gasteiger partial charge < -0.3 is 4.74 Å². The van der Waals surface area contributed by atoms with Crippen molar-refractivity contribution in [2.45, 2.75) is 0 Å². The minimum atomic E-state index is 0.178. The number of ether oxygens (including phenoxy) is 1. The van der Waals surface area contributed by atoms with Gasteiger partial charge in [-0.25, -0.2) is 9.97 Å². The number of hydrogen-bond acceptors (Lipinski definition) is 4. The highest BCUT2D eigenvalue weighted by Crippen LogP contribution is 2.20. The van der Waals surface area contributed by atoms with Gasteiger partial charge in [-0.05, 0) is 17.7 Å². The smallest absolute Gasteiger partial charge is 0.232 e. The molecule has 0 amide bonds. The summed E-state index contributed by atoms with van der Waals surface area (Å²) in [5, 5.41) is 8.58. The van der Waals surface area contributed by atoms with E-state index in [4.69, 9.17) is 10.00 Å². The van der Waals surface area contributed by atoms with E-state index in [-0.39, 0.29) is 5.82 Å². The first-order valence-corrected chi connectivity index (χ1v) is 4.70. The lowest BCUT2D eigenvalue weighted by molar-refractivity contribution is 0.415. The van der Waals surface area contributed by atoms with E-state index in [0.717, 1.165) is 16.9 Å². The van der Waals surface area contributed by atoms with Gasteiger partial charge in [0.25, 0.3) is 0 Å². The number of rotatable bonds is 2. The summed E-state index contributed by atoms with van der Waals surface area (Å²) >= 11 is 0. The fraction of sp³-hybridized carbons (Fsp3) is 0.0833. The Balaban J connectivity index is 2.32. The molecule has 0 aliphatic rings. The van der Waals surface area contributed by atoms with Crippen molar-refractivity contribution in [2.24, 2.45) is 0 Å². The molecule has 0 fully saturated rings. The largest absolute Gasteiger partial charge is 0.497 e. The van der Waals surface area contributed by atoms with E-state index in [1.54, 1.807) is 19.5 Å². The van der Waals surface area contributed by atoms with Gasteiger partial charge in [0.2, 0.25) is 5.82 Å². The molecule has 0 unspecified atom stereocenters. The zero-order chi connectivity index (χ0) is 11.4. The first kappa shape index (κ1) is 10.1. The third-order valence-electron chi connectivity index (χ3n) is 2.18. The molecule has 1 aromatic carbocycles. The topological polar surface area (TPSA) is 58.8 Å². The van der Waals surface area contributed by atoms with E-state index >= 15 is 0 Å². The zero-order valence-corrected chi connectivity index (χ0v) is 8.71. The molecule has 0 N–H and O–H groups in total. The van der Waals surface area contributed by atoms with Crippen LogP contribution >= 0.6 is 0 Å². The Kier molecular flexibility index (Phi) is 2.79. The van der Waals surface area contributed by atoms with Crippen molar-refractivity contribution in [3.8, 4) is 22.9 Å². The molecular formula is C12H9N3O. The van der Waals surface area contributed by atoms with E-state index < -0.39 is 0 Å². The van der Waals surface area contributed by atoms with Crippen LogP contribution in [0.15, 0.2) is 36.7 Å². The maximum atomic E-state index is 8.58. The summed E-state index contributed by atoms with van der Waals surface area (Å²) < 4.78 is 5.07. The summed E-state index contributed by atoms with van der Waals surface area (Å²) in [6.07, 6.45) is 3.26. The molecule has 2 rings (SSSR count). The number of nitrogens with zero attached hydrogens (tertiary/aromatic N) is 3. The summed E-state index contributed by atoms with van der Waals surface area (Å²) in [5.41, 5.74) is 1.87. The standard InChI is InChI=1S/C12H9N3O/c1-16-11-4-2-9(3-5-11)10-7-14-12(6-13)15-8-10/h2-5,7-8H,1H3. The van der Waals surface area contributed by atoms with Crippen LogP contribution < -0.4 is 4.74 Å². The Morgan fingerprint density at radius 3 is 2.19 bits per heavy atom. The van der Waals surface area contributed by atoms with Crippen LogP contribution in [0.1, 0.15) is 5.82 Å². The van der Waals surface area contributed by atoms with E-state index in [9.17, 15) is 0 Å². The molecular weight excluding hydrogens is 202 g/mol. The first-order chi connectivity index (χ1) is 7.83. The summed E-state index contributed by atoms with van der Waals surface area (Å²) in [7, 11) is 1.62. The number of methoxy groups -OCH3 is 1. The number of nitriles is 1. The molecule has 0 aliphatic carbocycles. The Morgan fingerprint density at radius 1 is 1.06 bits per heavy atom. The zero-order valence-electron chi connectivity index (χ0n) is 8.71. The van der Waals surface area contributed by atoms with Gasteiger partial charge in [0.1, 0.15) is 11.8 Å². The van der Waals surface area contributed by atoms with E-state index in [0.29, 0.717) is 0 Å². The molecule has 0 spiro atoms. The average Bonchev–Trinajstić information content (AvgIpc) is 2.39. The van der Waals surface area contributed by atoms with Crippen molar-refractivity contribution in [2.75, 3.05) is 7.11 Å². The summed E-state index contributed by atoms with van der Waals surface area (Å²) in [6.45, 7) is 0. The quantitative estimate of drug-likeness (QED) is 0.762. The highest BCUT2D eigenvalue weighted by Gasteiger charge is 2.00. The molecule has 0 atom stereocenters. The van der Waals surface area contributed by atoms with Crippen LogP contribution in [0.5, 0.6) is 5.75 Å². The predicted octanol–water partition coefficient (Wildman–Crippen LogP) is 2.02. The highest BCUT2D eigenvalue weighted by molar-refractivity contribution is 5.62. The second-order valence-corrected chi connectivity index (χ2v) is 3.14. The maximum absolute atomic E-state index is 8.58. The molecule has 4 heteroatoms. The SMILES string of the molecule is COc1ccc(-c2cnc(C#N)nc2)cc1. The van der Waals surface area contributed by atoms with Gasteiger partial charge in [-0.2, -0.15) is 5.26 Å². The number of aromatic nitrogens is 2. The minimum absolute atomic E-state index is 0.178. The molecule has 2 aromatic rings. The Hall–Kier alpha value is -2.41. The minimum Gasteiger partial charge on any atom is -0.497 e. The maximum Gasteiger partial charge on any atom is 0.232 e. The molecule has 4 nitrogen and oxygen atoms in total. The molecule has 1 aromatic heterocycles. The van der Waals surface area contributed by atoms with Gasteiger partial charge in [-0.3, -0.25) is 0 Å². The summed E-state index contributed by atoms with van der Waals surface area (Å²) in [5.74, 6) is 0.982. The lowest BCUT2D eigenvalue weighted by Crippen LogP contribution is -1.89. The van der Waals surface area contributed by atoms with Gasteiger partial charge in [0.05, 0.1) is 7.11 Å². The molecule has 1 heterocycles. The third kappa shape index (κ3) is 1.98. The Bertz CT molecular complexity index is 511. The van der Waals surface area contributed by atoms with Crippen molar-refractivity contribution >= 4 is 0 Å². The van der Waals surface area contributed by atoms with Crippen LogP contribution in [0.4, 0.5) is 0 Å². The summed E-state index contributed by atoms with van der Waals surface area (Å²) in [4.78, 5) is 7.83. The van der Waals surface area contributed by atoms with Gasteiger partial charge in [-0.15, -0.1) is 0 Å². The van der Waals surface area contributed by atoms with Gasteiger partial charge in [0, 0.05) is 18.0 Å². The van der Waals surface area contributed by atoms with Crippen LogP contribution in [-0.4, -0.2) is 17.1 Å². The van der Waals surface area contributed by atoms with E-state index in [1.807, 2.05) is 30.3 Å². The lowest BCUT2D eigenvalue weighted by Gasteiger charge is -2.02. The molecule has 0 aliphatic heterocycles. The van der Waals surface area contributed by atoms with Crippen molar-refractivity contribution in [3.05, 3.63) is 42.5 Å². The fourth-order valence-electron chi connectivity index (χ4n) is 1.32. The normalized spacial score (nSPS) is 9.50. The highest BCUT2D eigenvalue weighted by atomic mass is 16.5. The molecule has 0 bridgehead atoms. The predicted molar refractivity (Wildman–Crippen MR) is 58.7 cm³/mol. The van der Waals surface area contributed by atoms with Crippen LogP contribution in [0.25, 0.3) is 11.1 Å². The van der Waals surface area contributed by atoms with E-state index in [2.05, 4.69) is 9.97 Å². The molecule has 0 saturated carbocycles. The van der Waals surface area contributed by atoms with E-state index in [1.165, 1.54) is 0 Å². The second-order valence-electron chi connectivity index (χ2n) is 3.14. The van der Waals surface area contributed by atoms with Crippen molar-refractivity contribution in [3.63, 3.8) is 0 Å². The van der Waals surface area contributed by atoms with Crippen molar-refractivity contribution < 1.29 is 4.74 Å². The average molecular weight is 211 g/mol. The summed E-state index contributed by atoms with van der Waals surface area (Å²) in [6, 6.07) is 9.46. The Labute approximate surface area is 93.2 Å². The van der Waals surface area contributed by atoms with Crippen molar-refractivity contribution in [1.29, 1.82) is 5.26 Å². The fourth-order valence-corrected chi connectivity index (χ4v) is 1.32. The number of benzene rings is 1. The monoisotopic (exact) mass is 211 g/mol. The van der Waals surface area contributed by atoms with Crippen LogP contribution in [0, 0.1) is 11.3 Å². The second kappa shape index (κ2) is 4.41. The van der Waals surface area contributed by atoms with Crippen molar-refractivity contribution in [1.82, 2.24) is 9.97 Å².